The monoisotopic (exact) mass is 264 g/mol. The Bertz CT molecular complexity index is 401. The molecule has 1 fully saturated rings. The van der Waals surface area contributed by atoms with Crippen LogP contribution in [0.4, 0.5) is 0 Å². The van der Waals surface area contributed by atoms with Gasteiger partial charge >= 0.3 is 0 Å². The number of likely N-dealkylation sites (tertiary alicyclic amines) is 1. The van der Waals surface area contributed by atoms with E-state index in [-0.39, 0.29) is 5.75 Å². The molecule has 1 aliphatic heterocycles. The van der Waals surface area contributed by atoms with Crippen LogP contribution in [0.25, 0.3) is 0 Å². The van der Waals surface area contributed by atoms with Gasteiger partial charge in [0.1, 0.15) is 0 Å². The van der Waals surface area contributed by atoms with Gasteiger partial charge in [-0.15, -0.1) is 0 Å². The molecule has 0 aromatic heterocycles. The van der Waals surface area contributed by atoms with Crippen molar-refractivity contribution in [2.24, 2.45) is 11.7 Å². The Balaban J connectivity index is 1.94. The first-order valence-corrected chi connectivity index (χ1v) is 7.10. The van der Waals surface area contributed by atoms with Crippen LogP contribution in [0.5, 0.6) is 11.5 Å². The summed E-state index contributed by atoms with van der Waals surface area (Å²) < 4.78 is 5.42. The minimum Gasteiger partial charge on any atom is -0.504 e. The van der Waals surface area contributed by atoms with Crippen LogP contribution in [0.15, 0.2) is 18.2 Å². The molecule has 0 spiro atoms. The number of hydrogen-bond donors (Lipinski definition) is 2. The average Bonchev–Trinajstić information content (AvgIpc) is 2.44. The molecule has 106 valence electrons. The summed E-state index contributed by atoms with van der Waals surface area (Å²) in [6.07, 6.45) is 2.37. The number of ether oxygens (including phenoxy) is 1. The predicted octanol–water partition coefficient (Wildman–Crippen LogP) is 1.96. The quantitative estimate of drug-likeness (QED) is 0.853. The molecule has 0 unspecified atom stereocenters. The summed E-state index contributed by atoms with van der Waals surface area (Å²) in [4.78, 5) is 2.44. The van der Waals surface area contributed by atoms with Crippen molar-refractivity contribution < 1.29 is 9.84 Å². The predicted molar refractivity (Wildman–Crippen MR) is 76.3 cm³/mol. The zero-order chi connectivity index (χ0) is 13.7. The third-order valence-electron chi connectivity index (χ3n) is 3.77. The largest absolute Gasteiger partial charge is 0.504 e. The number of nitrogens with zero attached hydrogens (tertiary/aromatic N) is 1. The Morgan fingerprint density at radius 1 is 1.37 bits per heavy atom. The van der Waals surface area contributed by atoms with Gasteiger partial charge in [-0.2, -0.15) is 0 Å². The van der Waals surface area contributed by atoms with Crippen LogP contribution in [0.3, 0.4) is 0 Å². The van der Waals surface area contributed by atoms with Gasteiger partial charge < -0.3 is 15.6 Å². The van der Waals surface area contributed by atoms with Crippen LogP contribution in [0, 0.1) is 5.92 Å². The van der Waals surface area contributed by atoms with E-state index < -0.39 is 0 Å². The van der Waals surface area contributed by atoms with Crippen molar-refractivity contribution in [2.75, 3.05) is 26.2 Å². The second kappa shape index (κ2) is 6.78. The topological polar surface area (TPSA) is 58.7 Å². The lowest BCUT2D eigenvalue weighted by atomic mass is 9.97. The number of phenolic OH excluding ortho intramolecular Hbond substituents is 1. The molecule has 0 amide bonds. The second-order valence-electron chi connectivity index (χ2n) is 5.19. The number of benzene rings is 1. The molecular formula is C15H24N2O2. The molecule has 19 heavy (non-hydrogen) atoms. The molecule has 1 aromatic rings. The van der Waals surface area contributed by atoms with E-state index in [0.29, 0.717) is 18.3 Å². The molecule has 4 nitrogen and oxygen atoms in total. The van der Waals surface area contributed by atoms with Crippen LogP contribution in [0.1, 0.15) is 25.3 Å². The lowest BCUT2D eigenvalue weighted by Gasteiger charge is -2.31. The molecule has 0 bridgehead atoms. The summed E-state index contributed by atoms with van der Waals surface area (Å²) in [6, 6.07) is 5.62. The Morgan fingerprint density at radius 3 is 2.74 bits per heavy atom. The standard InChI is InChI=1S/C15H24N2O2/c1-2-19-15-9-13(3-4-14(15)18)11-17-7-5-12(10-16)6-8-17/h3-4,9,12,18H,2,5-8,10-11,16H2,1H3. The number of hydrogen-bond acceptors (Lipinski definition) is 4. The maximum absolute atomic E-state index is 9.69. The minimum atomic E-state index is 0.215. The molecule has 1 heterocycles. The molecule has 0 aliphatic carbocycles. The van der Waals surface area contributed by atoms with Gasteiger partial charge in [-0.05, 0) is 63.0 Å². The number of rotatable bonds is 5. The highest BCUT2D eigenvalue weighted by molar-refractivity contribution is 5.41. The Morgan fingerprint density at radius 2 is 2.11 bits per heavy atom. The normalized spacial score (nSPS) is 17.6. The number of piperidine rings is 1. The van der Waals surface area contributed by atoms with E-state index in [1.807, 2.05) is 19.1 Å². The molecular weight excluding hydrogens is 240 g/mol. The van der Waals surface area contributed by atoms with E-state index in [2.05, 4.69) is 4.90 Å². The fourth-order valence-corrected chi connectivity index (χ4v) is 2.57. The van der Waals surface area contributed by atoms with Crippen LogP contribution in [0.2, 0.25) is 0 Å². The van der Waals surface area contributed by atoms with Crippen molar-refractivity contribution in [3.8, 4) is 11.5 Å². The van der Waals surface area contributed by atoms with Gasteiger partial charge in [0.25, 0.3) is 0 Å². The van der Waals surface area contributed by atoms with E-state index >= 15 is 0 Å². The van der Waals surface area contributed by atoms with E-state index in [0.717, 1.165) is 26.2 Å². The molecule has 3 N–H and O–H groups in total. The van der Waals surface area contributed by atoms with Gasteiger partial charge in [-0.3, -0.25) is 4.90 Å². The van der Waals surface area contributed by atoms with Crippen molar-refractivity contribution in [3.05, 3.63) is 23.8 Å². The molecule has 0 saturated carbocycles. The molecule has 1 aromatic carbocycles. The maximum atomic E-state index is 9.69. The fourth-order valence-electron chi connectivity index (χ4n) is 2.57. The van der Waals surface area contributed by atoms with Crippen molar-refractivity contribution in [2.45, 2.75) is 26.3 Å². The number of aromatic hydroxyl groups is 1. The van der Waals surface area contributed by atoms with Gasteiger partial charge in [0, 0.05) is 6.54 Å². The Kier molecular flexibility index (Phi) is 5.05. The highest BCUT2D eigenvalue weighted by atomic mass is 16.5. The Hall–Kier alpha value is -1.26. The minimum absolute atomic E-state index is 0.215. The summed E-state index contributed by atoms with van der Waals surface area (Å²) in [5, 5.41) is 9.69. The maximum Gasteiger partial charge on any atom is 0.161 e. The summed E-state index contributed by atoms with van der Waals surface area (Å²) in [7, 11) is 0. The van der Waals surface area contributed by atoms with E-state index in [4.69, 9.17) is 10.5 Å². The summed E-state index contributed by atoms with van der Waals surface area (Å²) in [5.41, 5.74) is 6.90. The van der Waals surface area contributed by atoms with Crippen LogP contribution in [-0.2, 0) is 6.54 Å². The van der Waals surface area contributed by atoms with Crippen molar-refractivity contribution in [1.29, 1.82) is 0 Å². The lowest BCUT2D eigenvalue weighted by molar-refractivity contribution is 0.180. The molecule has 1 saturated heterocycles. The zero-order valence-electron chi connectivity index (χ0n) is 11.6. The van der Waals surface area contributed by atoms with Gasteiger partial charge in [-0.25, -0.2) is 0 Å². The van der Waals surface area contributed by atoms with Crippen molar-refractivity contribution in [1.82, 2.24) is 4.90 Å². The van der Waals surface area contributed by atoms with Crippen LogP contribution in [-0.4, -0.2) is 36.2 Å². The van der Waals surface area contributed by atoms with E-state index in [1.54, 1.807) is 6.07 Å². The highest BCUT2D eigenvalue weighted by Gasteiger charge is 2.18. The summed E-state index contributed by atoms with van der Waals surface area (Å²) >= 11 is 0. The van der Waals surface area contributed by atoms with Gasteiger partial charge in [-0.1, -0.05) is 6.07 Å². The Labute approximate surface area is 115 Å². The van der Waals surface area contributed by atoms with Gasteiger partial charge in [0.2, 0.25) is 0 Å². The lowest BCUT2D eigenvalue weighted by Crippen LogP contribution is -2.35. The fraction of sp³-hybridized carbons (Fsp3) is 0.600. The third-order valence-corrected chi connectivity index (χ3v) is 3.77. The van der Waals surface area contributed by atoms with Gasteiger partial charge in [0.15, 0.2) is 11.5 Å². The van der Waals surface area contributed by atoms with Crippen LogP contribution < -0.4 is 10.5 Å². The molecule has 4 heteroatoms. The summed E-state index contributed by atoms with van der Waals surface area (Å²) in [5.74, 6) is 1.49. The zero-order valence-corrected chi connectivity index (χ0v) is 11.6. The highest BCUT2D eigenvalue weighted by Crippen LogP contribution is 2.28. The van der Waals surface area contributed by atoms with Crippen molar-refractivity contribution >= 4 is 0 Å². The van der Waals surface area contributed by atoms with Gasteiger partial charge in [0.05, 0.1) is 6.61 Å². The van der Waals surface area contributed by atoms with E-state index in [9.17, 15) is 5.11 Å². The van der Waals surface area contributed by atoms with E-state index in [1.165, 1.54) is 18.4 Å². The van der Waals surface area contributed by atoms with Crippen molar-refractivity contribution in [3.63, 3.8) is 0 Å². The number of nitrogens with two attached hydrogens (primary N) is 1. The first-order valence-electron chi connectivity index (χ1n) is 7.10. The first kappa shape index (κ1) is 14.2. The number of phenols is 1. The molecule has 0 atom stereocenters. The van der Waals surface area contributed by atoms with Crippen LogP contribution >= 0.6 is 0 Å². The first-order chi connectivity index (χ1) is 9.22. The molecule has 0 radical (unpaired) electrons. The summed E-state index contributed by atoms with van der Waals surface area (Å²) in [6.45, 7) is 6.42. The molecule has 1 aliphatic rings. The molecule has 2 rings (SSSR count). The smallest absolute Gasteiger partial charge is 0.161 e. The third kappa shape index (κ3) is 3.85. The average molecular weight is 264 g/mol. The SMILES string of the molecule is CCOc1cc(CN2CCC(CN)CC2)ccc1O. The second-order valence-corrected chi connectivity index (χ2v) is 5.19.